The van der Waals surface area contributed by atoms with Crippen LogP contribution in [0.5, 0.6) is 0 Å². The molecule has 0 aliphatic rings. The van der Waals surface area contributed by atoms with Gasteiger partial charge in [0.15, 0.2) is 11.6 Å². The van der Waals surface area contributed by atoms with Gasteiger partial charge in [-0.05, 0) is 30.7 Å². The van der Waals surface area contributed by atoms with Gasteiger partial charge in [-0.3, -0.25) is 13.7 Å². The van der Waals surface area contributed by atoms with Gasteiger partial charge in [-0.1, -0.05) is 6.07 Å². The maximum Gasteiger partial charge on any atom is 0.296 e. The number of nitrogens with two attached hydrogens (primary N) is 2. The van der Waals surface area contributed by atoms with Crippen molar-refractivity contribution in [3.8, 4) is 0 Å². The molecule has 0 aromatic heterocycles. The number of benzene rings is 3. The summed E-state index contributed by atoms with van der Waals surface area (Å²) < 4.78 is 126. The standard InChI is InChI=1S/C19H16F2N6O9S3/c1-8-2-3-11(14(4-8)37(28,29)30)24-26-13-7-16(39(34,35)36)18(23)19(17(13)22)27-25-12-5-9(20)10(21)6-15(12)38(31,32)33/h2-7H,22-23H2,1H3,(H,28,29,30)(H,31,32,33)(H,34,35,36). The molecule has 0 saturated heterocycles. The van der Waals surface area contributed by atoms with E-state index in [0.29, 0.717) is 11.6 Å². The molecule has 0 unspecified atom stereocenters. The number of halogens is 2. The molecule has 0 fully saturated rings. The van der Waals surface area contributed by atoms with Gasteiger partial charge in [0, 0.05) is 12.1 Å². The molecule has 0 aliphatic carbocycles. The molecule has 39 heavy (non-hydrogen) atoms. The molecule has 0 amide bonds. The van der Waals surface area contributed by atoms with Crippen molar-refractivity contribution in [2.24, 2.45) is 20.5 Å². The van der Waals surface area contributed by atoms with Crippen LogP contribution in [-0.2, 0) is 30.4 Å². The van der Waals surface area contributed by atoms with E-state index in [1.807, 2.05) is 0 Å². The summed E-state index contributed by atoms with van der Waals surface area (Å²) >= 11 is 0. The first kappa shape index (κ1) is 29.6. The Balaban J connectivity index is 2.26. The Bertz CT molecular complexity index is 1900. The molecule has 0 aliphatic heterocycles. The molecular weight excluding hydrogens is 590 g/mol. The van der Waals surface area contributed by atoms with Crippen molar-refractivity contribution in [1.29, 1.82) is 0 Å². The Labute approximate surface area is 219 Å². The average Bonchev–Trinajstić information content (AvgIpc) is 2.79. The van der Waals surface area contributed by atoms with Crippen molar-refractivity contribution >= 4 is 64.5 Å². The smallest absolute Gasteiger partial charge is 0.296 e. The lowest BCUT2D eigenvalue weighted by Crippen LogP contribution is -2.05. The van der Waals surface area contributed by atoms with Gasteiger partial charge < -0.3 is 11.5 Å². The molecule has 208 valence electrons. The maximum absolute atomic E-state index is 13.7. The Morgan fingerprint density at radius 2 is 1.10 bits per heavy atom. The van der Waals surface area contributed by atoms with E-state index in [1.54, 1.807) is 0 Å². The minimum Gasteiger partial charge on any atom is -0.396 e. The van der Waals surface area contributed by atoms with Gasteiger partial charge in [0.2, 0.25) is 0 Å². The summed E-state index contributed by atoms with van der Waals surface area (Å²) in [6.45, 7) is 1.52. The Kier molecular flexibility index (Phi) is 7.83. The predicted molar refractivity (Wildman–Crippen MR) is 131 cm³/mol. The van der Waals surface area contributed by atoms with Gasteiger partial charge >= 0.3 is 0 Å². The zero-order chi connectivity index (χ0) is 29.5. The van der Waals surface area contributed by atoms with Crippen LogP contribution in [0.15, 0.2) is 71.5 Å². The highest BCUT2D eigenvalue weighted by Gasteiger charge is 2.24. The van der Waals surface area contributed by atoms with Crippen molar-refractivity contribution in [1.82, 2.24) is 0 Å². The normalized spacial score (nSPS) is 13.0. The molecule has 20 heteroatoms. The van der Waals surface area contributed by atoms with Gasteiger partial charge in [0.25, 0.3) is 30.4 Å². The number of hydrogen-bond donors (Lipinski definition) is 5. The number of anilines is 2. The monoisotopic (exact) mass is 606 g/mol. The first-order valence-corrected chi connectivity index (χ1v) is 14.2. The molecule has 3 rings (SSSR count). The van der Waals surface area contributed by atoms with E-state index < -0.39 is 90.8 Å². The van der Waals surface area contributed by atoms with E-state index in [-0.39, 0.29) is 12.1 Å². The van der Waals surface area contributed by atoms with E-state index in [2.05, 4.69) is 20.5 Å². The highest BCUT2D eigenvalue weighted by atomic mass is 32.2. The summed E-state index contributed by atoms with van der Waals surface area (Å²) in [5, 5.41) is 14.1. The zero-order valence-electron chi connectivity index (χ0n) is 19.2. The molecule has 3 aromatic carbocycles. The van der Waals surface area contributed by atoms with Crippen LogP contribution >= 0.6 is 0 Å². The topological polar surface area (TPSA) is 265 Å². The highest BCUT2D eigenvalue weighted by Crippen LogP contribution is 2.43. The largest absolute Gasteiger partial charge is 0.396 e. The molecule has 0 atom stereocenters. The third-order valence-corrected chi connectivity index (χ3v) is 7.45. The Morgan fingerprint density at radius 3 is 1.67 bits per heavy atom. The van der Waals surface area contributed by atoms with Crippen molar-refractivity contribution in [3.05, 3.63) is 53.6 Å². The predicted octanol–water partition coefficient (Wildman–Crippen LogP) is 4.01. The van der Waals surface area contributed by atoms with Crippen LogP contribution in [0.4, 0.5) is 42.9 Å². The quantitative estimate of drug-likeness (QED) is 0.146. The summed E-state index contributed by atoms with van der Waals surface area (Å²) in [5.41, 5.74) is 7.89. The summed E-state index contributed by atoms with van der Waals surface area (Å²) in [6.07, 6.45) is 0. The summed E-state index contributed by atoms with van der Waals surface area (Å²) in [5.74, 6) is -3.25. The first-order chi connectivity index (χ1) is 17.8. The number of hydrogen-bond acceptors (Lipinski definition) is 12. The number of azo groups is 2. The summed E-state index contributed by atoms with van der Waals surface area (Å²) in [4.78, 5) is -2.92. The lowest BCUT2D eigenvalue weighted by molar-refractivity contribution is 0.476. The van der Waals surface area contributed by atoms with E-state index in [0.717, 1.165) is 12.1 Å². The van der Waals surface area contributed by atoms with E-state index in [1.165, 1.54) is 13.0 Å². The molecule has 0 radical (unpaired) electrons. The molecule has 3 aromatic rings. The molecule has 0 bridgehead atoms. The van der Waals surface area contributed by atoms with Gasteiger partial charge in [-0.25, -0.2) is 8.78 Å². The summed E-state index contributed by atoms with van der Waals surface area (Å²) in [7, 11) is -15.0. The fraction of sp³-hybridized carbons (Fsp3) is 0.0526. The number of rotatable bonds is 7. The Morgan fingerprint density at radius 1 is 0.615 bits per heavy atom. The minimum absolute atomic E-state index is 0.106. The van der Waals surface area contributed by atoms with Crippen molar-refractivity contribution in [2.45, 2.75) is 21.6 Å². The lowest BCUT2D eigenvalue weighted by atomic mass is 10.2. The highest BCUT2D eigenvalue weighted by molar-refractivity contribution is 7.86. The third-order valence-electron chi connectivity index (χ3n) is 4.79. The van der Waals surface area contributed by atoms with Gasteiger partial charge in [0.1, 0.15) is 37.4 Å². The zero-order valence-corrected chi connectivity index (χ0v) is 21.6. The van der Waals surface area contributed by atoms with Gasteiger partial charge in [-0.15, -0.1) is 20.5 Å². The van der Waals surface area contributed by atoms with Gasteiger partial charge in [0.05, 0.1) is 11.4 Å². The molecular formula is C19H16F2N6O9S3. The number of nitrogens with zero attached hydrogens (tertiary/aromatic N) is 4. The molecule has 7 N–H and O–H groups in total. The second-order valence-corrected chi connectivity index (χ2v) is 11.8. The average molecular weight is 607 g/mol. The lowest BCUT2D eigenvalue weighted by Gasteiger charge is -2.11. The molecule has 15 nitrogen and oxygen atoms in total. The fourth-order valence-electron chi connectivity index (χ4n) is 2.99. The second-order valence-electron chi connectivity index (χ2n) is 7.60. The van der Waals surface area contributed by atoms with Crippen LogP contribution in [0.3, 0.4) is 0 Å². The molecule has 0 spiro atoms. The van der Waals surface area contributed by atoms with E-state index in [4.69, 9.17) is 11.5 Å². The van der Waals surface area contributed by atoms with Crippen LogP contribution in [-0.4, -0.2) is 38.9 Å². The van der Waals surface area contributed by atoms with Crippen LogP contribution in [0.25, 0.3) is 0 Å². The number of nitrogen functional groups attached to an aromatic ring is 2. The van der Waals surface area contributed by atoms with Crippen LogP contribution < -0.4 is 11.5 Å². The Hall–Kier alpha value is -3.95. The SMILES string of the molecule is Cc1ccc(N=Nc2cc(S(=O)(=O)O)c(N)c(N=Nc3cc(F)c(F)cc3S(=O)(=O)O)c2N)c(S(=O)(=O)O)c1. The van der Waals surface area contributed by atoms with Crippen LogP contribution in [0, 0.1) is 18.6 Å². The van der Waals surface area contributed by atoms with Crippen LogP contribution in [0.2, 0.25) is 0 Å². The van der Waals surface area contributed by atoms with E-state index in [9.17, 15) is 47.7 Å². The van der Waals surface area contributed by atoms with Crippen molar-refractivity contribution in [3.63, 3.8) is 0 Å². The molecule has 0 heterocycles. The molecule has 0 saturated carbocycles. The minimum atomic E-state index is -5.16. The second kappa shape index (κ2) is 10.3. The number of aryl methyl sites for hydroxylation is 1. The first-order valence-electron chi connectivity index (χ1n) is 9.88. The third kappa shape index (κ3) is 6.55. The van der Waals surface area contributed by atoms with Crippen molar-refractivity contribution < 1.29 is 47.7 Å². The summed E-state index contributed by atoms with van der Waals surface area (Å²) in [6, 6.07) is 4.61. The van der Waals surface area contributed by atoms with E-state index >= 15 is 0 Å². The maximum atomic E-state index is 13.7. The van der Waals surface area contributed by atoms with Crippen molar-refractivity contribution in [2.75, 3.05) is 11.5 Å². The van der Waals surface area contributed by atoms with Crippen LogP contribution in [0.1, 0.15) is 5.56 Å². The van der Waals surface area contributed by atoms with Gasteiger partial charge in [-0.2, -0.15) is 25.3 Å². The fourth-order valence-corrected chi connectivity index (χ4v) is 4.95.